The topological polar surface area (TPSA) is 341 Å². The fraction of sp³-hybridized carbons (Fsp3) is 0.400. The number of hydrogen-bond acceptors (Lipinski definition) is 12. The maximum absolute atomic E-state index is 9.85. The Morgan fingerprint density at radius 1 is 0.515 bits per heavy atom. The van der Waals surface area contributed by atoms with Gasteiger partial charge in [-0.15, -0.1) is 0 Å². The number of rotatable bonds is 9. The van der Waals surface area contributed by atoms with Crippen molar-refractivity contribution in [2.24, 2.45) is 17.2 Å². The van der Waals surface area contributed by atoms with Crippen LogP contribution in [0.3, 0.4) is 0 Å². The molecule has 0 spiro atoms. The molecule has 18 heteroatoms. The second kappa shape index (κ2) is 19.7. The van der Waals surface area contributed by atoms with E-state index in [0.29, 0.717) is 0 Å². The van der Waals surface area contributed by atoms with Crippen LogP contribution in [0.5, 0.6) is 0 Å². The van der Waals surface area contributed by atoms with Crippen LogP contribution in [0.1, 0.15) is 19.3 Å². The monoisotopic (exact) mass is 480 g/mol. The van der Waals surface area contributed by atoms with Gasteiger partial charge in [0.15, 0.2) is 0 Å². The van der Waals surface area contributed by atoms with Crippen LogP contribution < -0.4 is 17.2 Å². The Hall–Kier alpha value is -4.29. The molecule has 0 saturated carbocycles. The first-order valence-corrected chi connectivity index (χ1v) is 8.27. The predicted molar refractivity (Wildman–Crippen MR) is 103 cm³/mol. The number of aliphatic carboxylic acids is 6. The number of hydrogen-bond donors (Lipinski definition) is 9. The van der Waals surface area contributed by atoms with Gasteiger partial charge in [0.25, 0.3) is 0 Å². The lowest BCUT2D eigenvalue weighted by Gasteiger charge is -1.99. The summed E-state index contributed by atoms with van der Waals surface area (Å²) in [5.41, 5.74) is 14.5. The molecule has 1 rings (SSSR count). The summed E-state index contributed by atoms with van der Waals surface area (Å²) in [5.74, 6) is -7.49. The highest BCUT2D eigenvalue weighted by molar-refractivity contribution is 5.81. The van der Waals surface area contributed by atoms with E-state index in [1.807, 2.05) is 0 Å². The van der Waals surface area contributed by atoms with E-state index in [9.17, 15) is 28.8 Å². The van der Waals surface area contributed by atoms with Crippen molar-refractivity contribution in [1.29, 1.82) is 0 Å². The molecule has 0 saturated heterocycles. The van der Waals surface area contributed by atoms with E-state index in [2.05, 4.69) is 15.0 Å². The summed E-state index contributed by atoms with van der Waals surface area (Å²) in [7, 11) is 0. The Bertz CT molecular complexity index is 660. The molecule has 18 nitrogen and oxygen atoms in total. The standard InChI is InChI=1S/3C4H7NO4.C3H3N3/c3*5-2(4(8)9)1-3(6)7;1-4-2-6-3-5-1/h3*2H,1,5H2,(H,6,7)(H,8,9);1-3H. The molecule has 12 N–H and O–H groups in total. The summed E-state index contributed by atoms with van der Waals surface area (Å²) in [6, 6.07) is -3.87. The average Bonchev–Trinajstić information content (AvgIpc) is 2.69. The maximum atomic E-state index is 9.85. The van der Waals surface area contributed by atoms with Crippen molar-refractivity contribution in [2.75, 3.05) is 0 Å². The molecular formula is C15H24N6O12. The number of carboxylic acid groups (broad SMARTS) is 6. The molecule has 0 aromatic carbocycles. The van der Waals surface area contributed by atoms with E-state index in [1.54, 1.807) is 0 Å². The van der Waals surface area contributed by atoms with Gasteiger partial charge in [0, 0.05) is 0 Å². The zero-order valence-corrected chi connectivity index (χ0v) is 16.8. The van der Waals surface area contributed by atoms with Crippen molar-refractivity contribution < 1.29 is 59.4 Å². The zero-order valence-electron chi connectivity index (χ0n) is 16.8. The first-order chi connectivity index (χ1) is 15.1. The van der Waals surface area contributed by atoms with Gasteiger partial charge in [0.2, 0.25) is 0 Å². The van der Waals surface area contributed by atoms with Gasteiger partial charge in [-0.05, 0) is 0 Å². The van der Waals surface area contributed by atoms with E-state index >= 15 is 0 Å². The summed E-state index contributed by atoms with van der Waals surface area (Å²) in [6.45, 7) is 0. The Kier molecular flexibility index (Phi) is 19.9. The van der Waals surface area contributed by atoms with Crippen LogP contribution in [-0.4, -0.2) is 99.5 Å². The van der Waals surface area contributed by atoms with Crippen LogP contribution in [0.4, 0.5) is 0 Å². The summed E-state index contributed by atoms with van der Waals surface area (Å²) in [5, 5.41) is 48.1. The molecule has 33 heavy (non-hydrogen) atoms. The Balaban J connectivity index is -0.000000367. The third-order valence-electron chi connectivity index (χ3n) is 2.54. The van der Waals surface area contributed by atoms with Crippen molar-refractivity contribution in [2.45, 2.75) is 37.4 Å². The highest BCUT2D eigenvalue weighted by atomic mass is 16.4. The van der Waals surface area contributed by atoms with Crippen LogP contribution >= 0.6 is 0 Å². The maximum Gasteiger partial charge on any atom is 0.321 e. The van der Waals surface area contributed by atoms with Gasteiger partial charge in [-0.3, -0.25) is 28.8 Å². The average molecular weight is 480 g/mol. The smallest absolute Gasteiger partial charge is 0.321 e. The second-order valence-electron chi connectivity index (χ2n) is 5.42. The molecule has 3 unspecified atom stereocenters. The lowest BCUT2D eigenvalue weighted by Crippen LogP contribution is -2.32. The van der Waals surface area contributed by atoms with Crippen molar-refractivity contribution in [1.82, 2.24) is 15.0 Å². The molecule has 0 amide bonds. The molecule has 0 radical (unpaired) electrons. The summed E-state index contributed by atoms with van der Waals surface area (Å²) >= 11 is 0. The first kappa shape index (κ1) is 33.4. The van der Waals surface area contributed by atoms with Gasteiger partial charge in [0.05, 0.1) is 19.3 Å². The molecule has 186 valence electrons. The molecule has 3 atom stereocenters. The molecule has 0 fully saturated rings. The fourth-order valence-electron chi connectivity index (χ4n) is 1.03. The Morgan fingerprint density at radius 3 is 0.758 bits per heavy atom. The largest absolute Gasteiger partial charge is 0.481 e. The number of nitrogens with two attached hydrogens (primary N) is 3. The minimum atomic E-state index is -1.29. The van der Waals surface area contributed by atoms with E-state index in [1.165, 1.54) is 19.0 Å². The lowest BCUT2D eigenvalue weighted by atomic mass is 10.2. The zero-order chi connectivity index (χ0) is 26.6. The minimum absolute atomic E-state index is 0.532. The van der Waals surface area contributed by atoms with E-state index in [0.717, 1.165) is 0 Å². The van der Waals surface area contributed by atoms with Gasteiger partial charge in [-0.1, -0.05) is 0 Å². The van der Waals surface area contributed by atoms with Crippen LogP contribution in [0, 0.1) is 0 Å². The molecule has 1 aromatic heterocycles. The molecule has 1 heterocycles. The highest BCUT2D eigenvalue weighted by Crippen LogP contribution is 1.87. The van der Waals surface area contributed by atoms with Crippen LogP contribution in [0.2, 0.25) is 0 Å². The minimum Gasteiger partial charge on any atom is -0.481 e. The SMILES string of the molecule is NC(CC(=O)O)C(=O)O.NC(CC(=O)O)C(=O)O.NC(CC(=O)O)C(=O)O.c1ncncn1. The predicted octanol–water partition coefficient (Wildman–Crippen LogP) is -3.51. The lowest BCUT2D eigenvalue weighted by molar-refractivity contribution is -0.144. The highest BCUT2D eigenvalue weighted by Gasteiger charge is 2.15. The third kappa shape index (κ3) is 27.7. The fourth-order valence-corrected chi connectivity index (χ4v) is 1.03. The van der Waals surface area contributed by atoms with Crippen molar-refractivity contribution >= 4 is 35.8 Å². The van der Waals surface area contributed by atoms with Crippen molar-refractivity contribution in [3.05, 3.63) is 19.0 Å². The van der Waals surface area contributed by atoms with Gasteiger partial charge < -0.3 is 47.8 Å². The Morgan fingerprint density at radius 2 is 0.697 bits per heavy atom. The van der Waals surface area contributed by atoms with Gasteiger partial charge >= 0.3 is 35.8 Å². The van der Waals surface area contributed by atoms with Gasteiger partial charge in [0.1, 0.15) is 37.1 Å². The third-order valence-corrected chi connectivity index (χ3v) is 2.54. The van der Waals surface area contributed by atoms with Gasteiger partial charge in [-0.2, -0.15) is 0 Å². The van der Waals surface area contributed by atoms with E-state index in [4.69, 9.17) is 47.8 Å². The second-order valence-corrected chi connectivity index (χ2v) is 5.42. The van der Waals surface area contributed by atoms with Crippen LogP contribution in [0.15, 0.2) is 19.0 Å². The molecule has 0 aliphatic heterocycles. The molecule has 0 aliphatic carbocycles. The Labute approximate surface area is 184 Å². The first-order valence-electron chi connectivity index (χ1n) is 8.27. The summed E-state index contributed by atoms with van der Waals surface area (Å²) in [4.78, 5) is 69.5. The van der Waals surface area contributed by atoms with Crippen molar-refractivity contribution in [3.63, 3.8) is 0 Å². The molecule has 1 aromatic rings. The normalized spacial score (nSPS) is 11.7. The number of carboxylic acids is 6. The summed E-state index contributed by atoms with van der Waals surface area (Å²) < 4.78 is 0. The number of aromatic nitrogens is 3. The molecule has 0 bridgehead atoms. The van der Waals surface area contributed by atoms with Crippen LogP contribution in [0.25, 0.3) is 0 Å². The number of nitrogens with zero attached hydrogens (tertiary/aromatic N) is 3. The molecule has 0 aliphatic rings. The van der Waals surface area contributed by atoms with Crippen molar-refractivity contribution in [3.8, 4) is 0 Å². The quantitative estimate of drug-likeness (QED) is 0.165. The summed E-state index contributed by atoms with van der Waals surface area (Å²) in [6.07, 6.45) is 2.72. The van der Waals surface area contributed by atoms with Gasteiger partial charge in [-0.25, -0.2) is 15.0 Å². The van der Waals surface area contributed by atoms with E-state index in [-0.39, 0.29) is 0 Å². The number of carbonyl (C=O) groups is 6. The molecular weight excluding hydrogens is 456 g/mol. The van der Waals surface area contributed by atoms with E-state index < -0.39 is 73.2 Å². The van der Waals surface area contributed by atoms with Crippen LogP contribution in [-0.2, 0) is 28.8 Å².